The summed E-state index contributed by atoms with van der Waals surface area (Å²) in [6, 6.07) is 17.7. The second kappa shape index (κ2) is 10.9. The Kier molecular flexibility index (Phi) is 7.48. The first-order valence-electron chi connectivity index (χ1n) is 11.4. The molecule has 0 aliphatic heterocycles. The number of hydrogen-bond acceptors (Lipinski definition) is 5. The summed E-state index contributed by atoms with van der Waals surface area (Å²) in [4.78, 5) is 29.1. The van der Waals surface area contributed by atoms with E-state index in [1.807, 2.05) is 6.92 Å². The van der Waals surface area contributed by atoms with Crippen LogP contribution in [-0.2, 0) is 12.8 Å². The molecule has 0 radical (unpaired) electrons. The first-order valence-corrected chi connectivity index (χ1v) is 11.4. The summed E-state index contributed by atoms with van der Waals surface area (Å²) < 4.78 is 27.9. The summed E-state index contributed by atoms with van der Waals surface area (Å²) in [5.74, 6) is -1.49. The highest BCUT2D eigenvalue weighted by molar-refractivity contribution is 6.11. The van der Waals surface area contributed by atoms with Gasteiger partial charge in [-0.05, 0) is 55.2 Å². The molecule has 0 aliphatic rings. The number of carbonyl (C=O) groups excluding carboxylic acids is 1. The predicted octanol–water partition coefficient (Wildman–Crippen LogP) is 5.36. The third-order valence-electron chi connectivity index (χ3n) is 5.81. The Morgan fingerprint density at radius 2 is 1.56 bits per heavy atom. The van der Waals surface area contributed by atoms with Gasteiger partial charge in [-0.25, -0.2) is 13.8 Å². The Hall–Kier alpha value is -4.40. The fourth-order valence-electron chi connectivity index (χ4n) is 4.01. The van der Waals surface area contributed by atoms with E-state index in [1.54, 1.807) is 54.6 Å². The predicted molar refractivity (Wildman–Crippen MR) is 134 cm³/mol. The molecule has 1 heterocycles. The van der Waals surface area contributed by atoms with Gasteiger partial charge in [-0.1, -0.05) is 48.0 Å². The number of hydrogen-bond donors (Lipinski definition) is 2. The van der Waals surface area contributed by atoms with E-state index >= 15 is 0 Å². The van der Waals surface area contributed by atoms with Crippen LogP contribution in [0.5, 0.6) is 0 Å². The molecule has 0 aliphatic carbocycles. The van der Waals surface area contributed by atoms with Crippen molar-refractivity contribution in [1.82, 2.24) is 10.3 Å². The van der Waals surface area contributed by atoms with E-state index < -0.39 is 16.5 Å². The molecule has 0 unspecified atom stereocenters. The van der Waals surface area contributed by atoms with Crippen LogP contribution in [0.1, 0.15) is 27.0 Å². The van der Waals surface area contributed by atoms with Crippen LogP contribution in [0.2, 0.25) is 0 Å². The van der Waals surface area contributed by atoms with Gasteiger partial charge in [-0.3, -0.25) is 14.9 Å². The number of halogens is 2. The van der Waals surface area contributed by atoms with E-state index in [0.717, 1.165) is 5.56 Å². The molecule has 2 N–H and O–H groups in total. The van der Waals surface area contributed by atoms with E-state index in [9.17, 15) is 23.7 Å². The molecule has 0 atom stereocenters. The maximum atomic E-state index is 14.0. The van der Waals surface area contributed by atoms with Gasteiger partial charge in [0.15, 0.2) is 0 Å². The van der Waals surface area contributed by atoms with E-state index in [1.165, 1.54) is 12.1 Å². The van der Waals surface area contributed by atoms with Crippen molar-refractivity contribution in [2.24, 2.45) is 0 Å². The minimum Gasteiger partial charge on any atom is -0.364 e. The maximum absolute atomic E-state index is 14.0. The standard InChI is InChI=1S/C27H24F2N4O3/c1-17-10-11-23-20(16-17)24(27(34)31-15-13-19-7-3-5-9-22(19)29)25(33(35)36)26(32-23)30-14-12-18-6-2-4-8-21(18)28/h2-11,16H,12-15H2,1H3,(H,30,32)(H,31,34). The normalized spacial score (nSPS) is 10.9. The van der Waals surface area contributed by atoms with Crippen molar-refractivity contribution in [2.45, 2.75) is 19.8 Å². The smallest absolute Gasteiger partial charge is 0.324 e. The van der Waals surface area contributed by atoms with Crippen molar-refractivity contribution in [2.75, 3.05) is 18.4 Å². The van der Waals surface area contributed by atoms with Crippen LogP contribution in [0, 0.1) is 28.7 Å². The lowest BCUT2D eigenvalue weighted by molar-refractivity contribution is -0.384. The molecule has 0 bridgehead atoms. The average molecular weight is 491 g/mol. The first-order chi connectivity index (χ1) is 17.3. The Labute approximate surface area is 206 Å². The van der Waals surface area contributed by atoms with Gasteiger partial charge < -0.3 is 10.6 Å². The number of pyridine rings is 1. The molecule has 1 aromatic heterocycles. The fraction of sp³-hybridized carbons (Fsp3) is 0.185. The SMILES string of the molecule is Cc1ccc2nc(NCCc3ccccc3F)c([N+](=O)[O-])c(C(=O)NCCc3ccccc3F)c2c1. The number of rotatable bonds is 9. The molecule has 184 valence electrons. The number of amides is 1. The van der Waals surface area contributed by atoms with Crippen molar-refractivity contribution in [1.29, 1.82) is 0 Å². The molecule has 0 saturated heterocycles. The summed E-state index contributed by atoms with van der Waals surface area (Å²) in [5.41, 5.74) is 1.49. The Balaban J connectivity index is 1.64. The highest BCUT2D eigenvalue weighted by atomic mass is 19.1. The Bertz CT molecular complexity index is 1440. The van der Waals surface area contributed by atoms with Gasteiger partial charge in [0.2, 0.25) is 5.82 Å². The number of benzene rings is 3. The van der Waals surface area contributed by atoms with Crippen molar-refractivity contribution in [3.63, 3.8) is 0 Å². The molecule has 0 fully saturated rings. The molecule has 4 aromatic rings. The fourth-order valence-corrected chi connectivity index (χ4v) is 4.01. The first kappa shape index (κ1) is 24.7. The molecule has 1 amide bonds. The third kappa shape index (κ3) is 5.46. The van der Waals surface area contributed by atoms with Crippen molar-refractivity contribution >= 4 is 28.3 Å². The summed E-state index contributed by atoms with van der Waals surface area (Å²) in [6.45, 7) is 2.06. The molecule has 0 saturated carbocycles. The van der Waals surface area contributed by atoms with Gasteiger partial charge >= 0.3 is 5.69 Å². The van der Waals surface area contributed by atoms with Gasteiger partial charge in [0.25, 0.3) is 5.91 Å². The Morgan fingerprint density at radius 1 is 0.944 bits per heavy atom. The third-order valence-corrected chi connectivity index (χ3v) is 5.81. The van der Waals surface area contributed by atoms with Gasteiger partial charge in [0.05, 0.1) is 10.4 Å². The monoisotopic (exact) mass is 490 g/mol. The number of carbonyl (C=O) groups is 1. The number of aromatic nitrogens is 1. The number of fused-ring (bicyclic) bond motifs is 1. The number of aryl methyl sites for hydroxylation is 1. The minimum atomic E-state index is -0.659. The van der Waals surface area contributed by atoms with Crippen LogP contribution < -0.4 is 10.6 Å². The van der Waals surface area contributed by atoms with Crippen LogP contribution >= 0.6 is 0 Å². The quantitative estimate of drug-likeness (QED) is 0.243. The molecule has 4 rings (SSSR count). The van der Waals surface area contributed by atoms with E-state index in [2.05, 4.69) is 15.6 Å². The van der Waals surface area contributed by atoms with Gasteiger partial charge in [0.1, 0.15) is 17.2 Å². The van der Waals surface area contributed by atoms with Crippen LogP contribution in [0.25, 0.3) is 10.9 Å². The number of nitrogens with zero attached hydrogens (tertiary/aromatic N) is 2. The van der Waals surface area contributed by atoms with Crippen LogP contribution in [0.15, 0.2) is 66.7 Å². The second-order valence-electron chi connectivity index (χ2n) is 8.33. The number of anilines is 1. The second-order valence-corrected chi connectivity index (χ2v) is 8.33. The Morgan fingerprint density at radius 3 is 2.17 bits per heavy atom. The summed E-state index contributed by atoms with van der Waals surface area (Å²) >= 11 is 0. The minimum absolute atomic E-state index is 0.0769. The molecule has 36 heavy (non-hydrogen) atoms. The van der Waals surface area contributed by atoms with Gasteiger partial charge in [0, 0.05) is 18.5 Å². The average Bonchev–Trinajstić information content (AvgIpc) is 2.85. The summed E-state index contributed by atoms with van der Waals surface area (Å²) in [7, 11) is 0. The van der Waals surface area contributed by atoms with E-state index in [0.29, 0.717) is 22.0 Å². The number of nitro groups is 1. The van der Waals surface area contributed by atoms with Crippen molar-refractivity contribution in [3.05, 3.63) is 111 Å². The number of nitrogens with one attached hydrogen (secondary N) is 2. The summed E-state index contributed by atoms with van der Waals surface area (Å²) in [5, 5.41) is 18.1. The molecule has 0 spiro atoms. The lowest BCUT2D eigenvalue weighted by Crippen LogP contribution is -2.27. The van der Waals surface area contributed by atoms with Gasteiger partial charge in [-0.15, -0.1) is 0 Å². The largest absolute Gasteiger partial charge is 0.364 e. The highest BCUT2D eigenvalue weighted by Gasteiger charge is 2.29. The molecule has 7 nitrogen and oxygen atoms in total. The zero-order valence-electron chi connectivity index (χ0n) is 19.6. The van der Waals surface area contributed by atoms with Crippen molar-refractivity contribution < 1.29 is 18.5 Å². The molecular weight excluding hydrogens is 466 g/mol. The lowest BCUT2D eigenvalue weighted by atomic mass is 10.0. The molecular formula is C27H24F2N4O3. The van der Waals surface area contributed by atoms with Crippen LogP contribution in [0.3, 0.4) is 0 Å². The zero-order valence-corrected chi connectivity index (χ0v) is 19.6. The van der Waals surface area contributed by atoms with Gasteiger partial charge in [-0.2, -0.15) is 0 Å². The summed E-state index contributed by atoms with van der Waals surface area (Å²) in [6.07, 6.45) is 0.490. The van der Waals surface area contributed by atoms with Crippen LogP contribution in [-0.4, -0.2) is 28.9 Å². The van der Waals surface area contributed by atoms with Crippen molar-refractivity contribution in [3.8, 4) is 0 Å². The topological polar surface area (TPSA) is 97.2 Å². The van der Waals surface area contributed by atoms with E-state index in [-0.39, 0.29) is 48.9 Å². The van der Waals surface area contributed by atoms with Crippen LogP contribution in [0.4, 0.5) is 20.3 Å². The lowest BCUT2D eigenvalue weighted by Gasteiger charge is -2.14. The molecule has 3 aromatic carbocycles. The molecule has 9 heteroatoms. The van der Waals surface area contributed by atoms with E-state index in [4.69, 9.17) is 0 Å². The zero-order chi connectivity index (χ0) is 25.7. The maximum Gasteiger partial charge on any atom is 0.324 e. The highest BCUT2D eigenvalue weighted by Crippen LogP contribution is 2.34.